The van der Waals surface area contributed by atoms with E-state index in [1.54, 1.807) is 13.0 Å². The second kappa shape index (κ2) is 5.78. The summed E-state index contributed by atoms with van der Waals surface area (Å²) in [7, 11) is 0. The summed E-state index contributed by atoms with van der Waals surface area (Å²) in [5.41, 5.74) is 1.75. The van der Waals surface area contributed by atoms with Gasteiger partial charge >= 0.3 is 0 Å². The molecule has 0 spiro atoms. The van der Waals surface area contributed by atoms with E-state index in [2.05, 4.69) is 5.32 Å². The lowest BCUT2D eigenvalue weighted by Crippen LogP contribution is -2.09. The highest BCUT2D eigenvalue weighted by atomic mass is 19.1. The van der Waals surface area contributed by atoms with E-state index in [1.165, 1.54) is 24.3 Å². The van der Waals surface area contributed by atoms with E-state index < -0.39 is 16.8 Å². The third-order valence-corrected chi connectivity index (χ3v) is 3.25. The molecule has 0 aliphatic rings. The maximum atomic E-state index is 13.8. The van der Waals surface area contributed by atoms with Crippen LogP contribution in [0.4, 0.5) is 15.8 Å². The van der Waals surface area contributed by atoms with Gasteiger partial charge in [0.15, 0.2) is 0 Å². The van der Waals surface area contributed by atoms with Crippen molar-refractivity contribution in [1.82, 2.24) is 0 Å². The van der Waals surface area contributed by atoms with Gasteiger partial charge in [0.2, 0.25) is 0 Å². The molecule has 6 heteroatoms. The molecule has 2 aromatic rings. The summed E-state index contributed by atoms with van der Waals surface area (Å²) in [5.74, 6) is -0.673. The zero-order chi connectivity index (χ0) is 15.6. The number of nitro groups is 1. The quantitative estimate of drug-likeness (QED) is 0.661. The monoisotopic (exact) mass is 290 g/mol. The van der Waals surface area contributed by atoms with Crippen LogP contribution in [0.1, 0.15) is 24.1 Å². The number of benzene rings is 2. The van der Waals surface area contributed by atoms with E-state index in [0.717, 1.165) is 11.6 Å². The van der Waals surface area contributed by atoms with E-state index >= 15 is 0 Å². The minimum atomic E-state index is -0.530. The Kier molecular flexibility index (Phi) is 4.07. The maximum absolute atomic E-state index is 13.8. The first-order valence-corrected chi connectivity index (χ1v) is 6.38. The van der Waals surface area contributed by atoms with Crippen molar-refractivity contribution in [3.8, 4) is 5.75 Å². The van der Waals surface area contributed by atoms with Crippen LogP contribution in [0.15, 0.2) is 36.4 Å². The molecule has 1 unspecified atom stereocenters. The number of nitro benzene ring substituents is 1. The molecule has 0 fully saturated rings. The SMILES string of the molecule is Cc1ccc([N+](=O)[O-])cc1NC(C)c1ccc(O)cc1F. The van der Waals surface area contributed by atoms with Gasteiger partial charge in [0, 0.05) is 29.4 Å². The Balaban J connectivity index is 2.28. The lowest BCUT2D eigenvalue weighted by atomic mass is 10.1. The number of halogens is 1. The van der Waals surface area contributed by atoms with Crippen molar-refractivity contribution in [2.75, 3.05) is 5.32 Å². The van der Waals surface area contributed by atoms with Crippen LogP contribution >= 0.6 is 0 Å². The molecule has 0 amide bonds. The summed E-state index contributed by atoms with van der Waals surface area (Å²) in [6, 6.07) is 8.00. The molecule has 0 heterocycles. The molecule has 0 saturated carbocycles. The van der Waals surface area contributed by atoms with Crippen molar-refractivity contribution < 1.29 is 14.4 Å². The number of aromatic hydroxyl groups is 1. The Morgan fingerprint density at radius 1 is 1.29 bits per heavy atom. The van der Waals surface area contributed by atoms with E-state index in [1.807, 2.05) is 6.92 Å². The van der Waals surface area contributed by atoms with E-state index in [0.29, 0.717) is 11.3 Å². The highest BCUT2D eigenvalue weighted by Gasteiger charge is 2.14. The molecule has 21 heavy (non-hydrogen) atoms. The first-order valence-electron chi connectivity index (χ1n) is 6.38. The molecule has 0 bridgehead atoms. The second-order valence-corrected chi connectivity index (χ2v) is 4.83. The molecule has 0 aliphatic carbocycles. The fourth-order valence-electron chi connectivity index (χ4n) is 2.06. The highest BCUT2D eigenvalue weighted by Crippen LogP contribution is 2.28. The number of rotatable bonds is 4. The molecule has 2 N–H and O–H groups in total. The van der Waals surface area contributed by atoms with E-state index in [-0.39, 0.29) is 11.4 Å². The number of nitrogens with zero attached hydrogens (tertiary/aromatic N) is 1. The lowest BCUT2D eigenvalue weighted by Gasteiger charge is -2.18. The van der Waals surface area contributed by atoms with Gasteiger partial charge in [-0.3, -0.25) is 10.1 Å². The Labute approximate surface area is 121 Å². The second-order valence-electron chi connectivity index (χ2n) is 4.83. The Hall–Kier alpha value is -2.63. The summed E-state index contributed by atoms with van der Waals surface area (Å²) in [6.45, 7) is 3.56. The fourth-order valence-corrected chi connectivity index (χ4v) is 2.06. The molecule has 2 aromatic carbocycles. The molecule has 0 aromatic heterocycles. The van der Waals surface area contributed by atoms with E-state index in [9.17, 15) is 19.6 Å². The van der Waals surface area contributed by atoms with Gasteiger partial charge in [-0.2, -0.15) is 0 Å². The minimum Gasteiger partial charge on any atom is -0.508 e. The largest absolute Gasteiger partial charge is 0.508 e. The number of phenols is 1. The van der Waals surface area contributed by atoms with Gasteiger partial charge in [0.25, 0.3) is 5.69 Å². The van der Waals surface area contributed by atoms with Crippen LogP contribution in [0, 0.1) is 22.9 Å². The highest BCUT2D eigenvalue weighted by molar-refractivity contribution is 5.57. The summed E-state index contributed by atoms with van der Waals surface area (Å²) >= 11 is 0. The molecule has 5 nitrogen and oxygen atoms in total. The molecule has 0 aliphatic heterocycles. The van der Waals surface area contributed by atoms with E-state index in [4.69, 9.17) is 0 Å². The summed E-state index contributed by atoms with van der Waals surface area (Å²) in [4.78, 5) is 10.3. The average Bonchev–Trinajstić information content (AvgIpc) is 2.40. The van der Waals surface area contributed by atoms with Crippen molar-refractivity contribution in [2.45, 2.75) is 19.9 Å². The number of hydrogen-bond donors (Lipinski definition) is 2. The van der Waals surface area contributed by atoms with Gasteiger partial charge in [-0.15, -0.1) is 0 Å². The van der Waals surface area contributed by atoms with Crippen LogP contribution in [0.2, 0.25) is 0 Å². The number of aryl methyl sites for hydroxylation is 1. The standard InChI is InChI=1S/C15H15FN2O3/c1-9-3-4-11(18(20)21)7-15(9)17-10(2)13-6-5-12(19)8-14(13)16/h3-8,10,17,19H,1-2H3. The van der Waals surface area contributed by atoms with Crippen LogP contribution in [0.5, 0.6) is 5.75 Å². The maximum Gasteiger partial charge on any atom is 0.271 e. The predicted octanol–water partition coefficient (Wildman–Crippen LogP) is 3.92. The molecule has 0 saturated heterocycles. The average molecular weight is 290 g/mol. The summed E-state index contributed by atoms with van der Waals surface area (Å²) in [6.07, 6.45) is 0. The molecule has 0 radical (unpaired) electrons. The normalized spacial score (nSPS) is 12.0. The Morgan fingerprint density at radius 3 is 2.62 bits per heavy atom. The van der Waals surface area contributed by atoms with Gasteiger partial charge < -0.3 is 10.4 Å². The topological polar surface area (TPSA) is 75.4 Å². The van der Waals surface area contributed by atoms with Crippen molar-refractivity contribution in [3.63, 3.8) is 0 Å². The fraction of sp³-hybridized carbons (Fsp3) is 0.200. The number of anilines is 1. The van der Waals surface area contributed by atoms with Gasteiger partial charge in [0.05, 0.1) is 11.0 Å². The number of non-ortho nitro benzene ring substituents is 1. The predicted molar refractivity (Wildman–Crippen MR) is 77.9 cm³/mol. The third-order valence-electron chi connectivity index (χ3n) is 3.25. The number of phenolic OH excluding ortho intramolecular Hbond substituents is 1. The molecular formula is C15H15FN2O3. The van der Waals surface area contributed by atoms with Gasteiger partial charge in [-0.1, -0.05) is 12.1 Å². The van der Waals surface area contributed by atoms with Gasteiger partial charge in [0.1, 0.15) is 11.6 Å². The molecule has 110 valence electrons. The molecule has 2 rings (SSSR count). The van der Waals surface area contributed by atoms with Crippen LogP contribution in [0.3, 0.4) is 0 Å². The zero-order valence-electron chi connectivity index (χ0n) is 11.6. The summed E-state index contributed by atoms with van der Waals surface area (Å²) in [5, 5.41) is 23.1. The van der Waals surface area contributed by atoms with Crippen molar-refractivity contribution in [2.24, 2.45) is 0 Å². The smallest absolute Gasteiger partial charge is 0.271 e. The first-order chi connectivity index (χ1) is 9.88. The summed E-state index contributed by atoms with van der Waals surface area (Å²) < 4.78 is 13.8. The van der Waals surface area contributed by atoms with Gasteiger partial charge in [-0.25, -0.2) is 4.39 Å². The molecular weight excluding hydrogens is 275 g/mol. The van der Waals surface area contributed by atoms with Crippen molar-refractivity contribution >= 4 is 11.4 Å². The van der Waals surface area contributed by atoms with Crippen LogP contribution in [0.25, 0.3) is 0 Å². The van der Waals surface area contributed by atoms with Crippen LogP contribution in [-0.2, 0) is 0 Å². The van der Waals surface area contributed by atoms with Crippen molar-refractivity contribution in [3.05, 3.63) is 63.5 Å². The third kappa shape index (κ3) is 3.28. The number of hydrogen-bond acceptors (Lipinski definition) is 4. The minimum absolute atomic E-state index is 0.0264. The van der Waals surface area contributed by atoms with Crippen molar-refractivity contribution in [1.29, 1.82) is 0 Å². The zero-order valence-corrected chi connectivity index (χ0v) is 11.6. The Bertz CT molecular complexity index is 689. The first kappa shape index (κ1) is 14.8. The molecule has 1 atom stereocenters. The lowest BCUT2D eigenvalue weighted by molar-refractivity contribution is -0.384. The van der Waals surface area contributed by atoms with Gasteiger partial charge in [-0.05, 0) is 25.5 Å². The van der Waals surface area contributed by atoms with Crippen LogP contribution in [-0.4, -0.2) is 10.0 Å². The number of nitrogens with one attached hydrogen (secondary N) is 1. The Morgan fingerprint density at radius 2 is 2.00 bits per heavy atom. The van der Waals surface area contributed by atoms with Crippen LogP contribution < -0.4 is 5.32 Å².